The van der Waals surface area contributed by atoms with Crippen LogP contribution in [-0.4, -0.2) is 35.5 Å². The maximum absolute atomic E-state index is 12.6. The lowest BCUT2D eigenvalue weighted by molar-refractivity contribution is -0.141. The Morgan fingerprint density at radius 1 is 1.23 bits per heavy atom. The predicted molar refractivity (Wildman–Crippen MR) is 80.6 cm³/mol. The van der Waals surface area contributed by atoms with Crippen LogP contribution >= 0.6 is 0 Å². The molecule has 0 aromatic heterocycles. The molecule has 1 saturated carbocycles. The summed E-state index contributed by atoms with van der Waals surface area (Å²) < 4.78 is 5.25. The van der Waals surface area contributed by atoms with E-state index in [-0.39, 0.29) is 17.7 Å². The molecule has 1 aliphatic heterocycles. The minimum absolute atomic E-state index is 0.109. The lowest BCUT2D eigenvalue weighted by atomic mass is 9.97. The molecule has 3 rings (SSSR count). The van der Waals surface area contributed by atoms with Gasteiger partial charge in [0.2, 0.25) is 5.91 Å². The normalized spacial score (nSPS) is 24.0. The lowest BCUT2D eigenvalue weighted by Gasteiger charge is -2.31. The summed E-state index contributed by atoms with van der Waals surface area (Å²) in [6.45, 7) is 1.31. The van der Waals surface area contributed by atoms with Gasteiger partial charge in [-0.1, -0.05) is 6.07 Å². The van der Waals surface area contributed by atoms with Crippen molar-refractivity contribution in [3.8, 4) is 5.75 Å². The molecule has 0 spiro atoms. The first-order chi connectivity index (χ1) is 10.6. The van der Waals surface area contributed by atoms with E-state index in [1.165, 1.54) is 5.56 Å². The van der Waals surface area contributed by atoms with Crippen molar-refractivity contribution in [1.82, 2.24) is 4.90 Å². The van der Waals surface area contributed by atoms with E-state index < -0.39 is 5.97 Å². The second-order valence-electron chi connectivity index (χ2n) is 6.19. The third kappa shape index (κ3) is 2.80. The standard InChI is InChI=1S/C17H21NO4/c1-22-15-5-4-11-6-7-18(10-14(11)9-15)16(19)12-2-3-13(8-12)17(20)21/h4-5,9,12-13H,2-3,6-8,10H2,1H3,(H,20,21)/t12-,13+/m1/s1. The van der Waals surface area contributed by atoms with Gasteiger partial charge >= 0.3 is 5.97 Å². The second kappa shape index (κ2) is 5.99. The van der Waals surface area contributed by atoms with E-state index in [0.717, 1.165) is 17.7 Å². The number of carboxylic acids is 1. The van der Waals surface area contributed by atoms with E-state index in [2.05, 4.69) is 6.07 Å². The van der Waals surface area contributed by atoms with Crippen molar-refractivity contribution in [1.29, 1.82) is 0 Å². The van der Waals surface area contributed by atoms with Gasteiger partial charge < -0.3 is 14.7 Å². The SMILES string of the molecule is COc1ccc2c(c1)CN(C(=O)[C@@H]1CC[C@H](C(=O)O)C1)CC2. The van der Waals surface area contributed by atoms with Crippen LogP contribution in [0.15, 0.2) is 18.2 Å². The van der Waals surface area contributed by atoms with Gasteiger partial charge in [-0.25, -0.2) is 0 Å². The van der Waals surface area contributed by atoms with Gasteiger partial charge in [0.05, 0.1) is 13.0 Å². The molecule has 1 aliphatic carbocycles. The monoisotopic (exact) mass is 303 g/mol. The van der Waals surface area contributed by atoms with Crippen molar-refractivity contribution in [3.05, 3.63) is 29.3 Å². The van der Waals surface area contributed by atoms with Crippen molar-refractivity contribution < 1.29 is 19.4 Å². The Balaban J connectivity index is 1.69. The molecular formula is C17H21NO4. The van der Waals surface area contributed by atoms with Gasteiger partial charge in [-0.2, -0.15) is 0 Å². The highest BCUT2D eigenvalue weighted by Crippen LogP contribution is 2.34. The summed E-state index contributed by atoms with van der Waals surface area (Å²) in [6.07, 6.45) is 2.64. The first kappa shape index (κ1) is 14.9. The van der Waals surface area contributed by atoms with Crippen LogP contribution in [-0.2, 0) is 22.6 Å². The number of hydrogen-bond donors (Lipinski definition) is 1. The molecule has 1 fully saturated rings. The van der Waals surface area contributed by atoms with Gasteiger partial charge in [0.1, 0.15) is 5.75 Å². The van der Waals surface area contributed by atoms with Crippen molar-refractivity contribution in [2.24, 2.45) is 11.8 Å². The van der Waals surface area contributed by atoms with Crippen LogP contribution in [0.5, 0.6) is 5.75 Å². The number of methoxy groups -OCH3 is 1. The molecule has 2 aliphatic rings. The summed E-state index contributed by atoms with van der Waals surface area (Å²) in [6, 6.07) is 6.00. The summed E-state index contributed by atoms with van der Waals surface area (Å²) in [7, 11) is 1.64. The van der Waals surface area contributed by atoms with E-state index in [0.29, 0.717) is 32.4 Å². The fourth-order valence-electron chi connectivity index (χ4n) is 3.54. The third-order valence-corrected chi connectivity index (χ3v) is 4.87. The molecule has 22 heavy (non-hydrogen) atoms. The smallest absolute Gasteiger partial charge is 0.306 e. The lowest BCUT2D eigenvalue weighted by Crippen LogP contribution is -2.39. The van der Waals surface area contributed by atoms with Gasteiger partial charge in [0.15, 0.2) is 0 Å². The maximum atomic E-state index is 12.6. The molecule has 118 valence electrons. The Morgan fingerprint density at radius 2 is 2.00 bits per heavy atom. The van der Waals surface area contributed by atoms with Gasteiger partial charge in [0, 0.05) is 19.0 Å². The van der Waals surface area contributed by atoms with E-state index in [1.54, 1.807) is 7.11 Å². The number of aliphatic carboxylic acids is 1. The molecule has 1 aromatic carbocycles. The number of benzene rings is 1. The molecule has 0 bridgehead atoms. The minimum Gasteiger partial charge on any atom is -0.497 e. The van der Waals surface area contributed by atoms with Gasteiger partial charge in [-0.15, -0.1) is 0 Å². The minimum atomic E-state index is -0.774. The molecule has 1 N–H and O–H groups in total. The van der Waals surface area contributed by atoms with Crippen molar-refractivity contribution in [3.63, 3.8) is 0 Å². The predicted octanol–water partition coefficient (Wildman–Crippen LogP) is 2.08. The molecule has 0 radical (unpaired) electrons. The van der Waals surface area contributed by atoms with E-state index in [1.807, 2.05) is 17.0 Å². The average molecular weight is 303 g/mol. The van der Waals surface area contributed by atoms with Crippen molar-refractivity contribution in [2.75, 3.05) is 13.7 Å². The van der Waals surface area contributed by atoms with Crippen LogP contribution < -0.4 is 4.74 Å². The third-order valence-electron chi connectivity index (χ3n) is 4.87. The Hall–Kier alpha value is -2.04. The topological polar surface area (TPSA) is 66.8 Å². The van der Waals surface area contributed by atoms with Crippen LogP contribution in [0.2, 0.25) is 0 Å². The quantitative estimate of drug-likeness (QED) is 0.928. The summed E-state index contributed by atoms with van der Waals surface area (Å²) >= 11 is 0. The first-order valence-corrected chi connectivity index (χ1v) is 7.76. The summed E-state index contributed by atoms with van der Waals surface area (Å²) in [5.41, 5.74) is 2.39. The molecule has 2 atom stereocenters. The fraction of sp³-hybridized carbons (Fsp3) is 0.529. The molecule has 1 aromatic rings. The summed E-state index contributed by atoms with van der Waals surface area (Å²) in [5, 5.41) is 9.07. The Morgan fingerprint density at radius 3 is 2.68 bits per heavy atom. The zero-order chi connectivity index (χ0) is 15.7. The van der Waals surface area contributed by atoms with Crippen LogP contribution in [0, 0.1) is 11.8 Å². The van der Waals surface area contributed by atoms with Crippen LogP contribution in [0.25, 0.3) is 0 Å². The number of rotatable bonds is 3. The zero-order valence-corrected chi connectivity index (χ0v) is 12.7. The number of carbonyl (C=O) groups is 2. The van der Waals surface area contributed by atoms with E-state index >= 15 is 0 Å². The number of hydrogen-bond acceptors (Lipinski definition) is 3. The van der Waals surface area contributed by atoms with Gasteiger partial charge in [-0.05, 0) is 48.9 Å². The highest BCUT2D eigenvalue weighted by molar-refractivity contribution is 5.81. The number of carboxylic acid groups (broad SMARTS) is 1. The molecular weight excluding hydrogens is 282 g/mol. The van der Waals surface area contributed by atoms with Gasteiger partial charge in [0.25, 0.3) is 0 Å². The number of carbonyl (C=O) groups excluding carboxylic acids is 1. The van der Waals surface area contributed by atoms with Crippen LogP contribution in [0.3, 0.4) is 0 Å². The molecule has 0 unspecified atom stereocenters. The molecule has 1 amide bonds. The second-order valence-corrected chi connectivity index (χ2v) is 6.19. The molecule has 5 heteroatoms. The molecule has 0 saturated heterocycles. The summed E-state index contributed by atoms with van der Waals surface area (Å²) in [5.74, 6) is -0.347. The Bertz CT molecular complexity index is 598. The van der Waals surface area contributed by atoms with Crippen molar-refractivity contribution in [2.45, 2.75) is 32.2 Å². The Labute approximate surface area is 129 Å². The number of fused-ring (bicyclic) bond motifs is 1. The van der Waals surface area contributed by atoms with Crippen LogP contribution in [0.4, 0.5) is 0 Å². The Kier molecular flexibility index (Phi) is 4.05. The van der Waals surface area contributed by atoms with E-state index in [4.69, 9.17) is 9.84 Å². The first-order valence-electron chi connectivity index (χ1n) is 7.76. The molecule has 5 nitrogen and oxygen atoms in total. The average Bonchev–Trinajstić information content (AvgIpc) is 3.03. The highest BCUT2D eigenvalue weighted by atomic mass is 16.5. The molecule has 1 heterocycles. The van der Waals surface area contributed by atoms with Gasteiger partial charge in [-0.3, -0.25) is 9.59 Å². The fourth-order valence-corrected chi connectivity index (χ4v) is 3.54. The summed E-state index contributed by atoms with van der Waals surface area (Å²) in [4.78, 5) is 25.5. The largest absolute Gasteiger partial charge is 0.497 e. The van der Waals surface area contributed by atoms with Crippen LogP contribution in [0.1, 0.15) is 30.4 Å². The number of amides is 1. The maximum Gasteiger partial charge on any atom is 0.306 e. The number of nitrogens with zero attached hydrogens (tertiary/aromatic N) is 1. The van der Waals surface area contributed by atoms with Crippen molar-refractivity contribution >= 4 is 11.9 Å². The van der Waals surface area contributed by atoms with E-state index in [9.17, 15) is 9.59 Å². The highest BCUT2D eigenvalue weighted by Gasteiger charge is 2.36. The zero-order valence-electron chi connectivity index (χ0n) is 12.7. The number of ether oxygens (including phenoxy) is 1.